The van der Waals surface area contributed by atoms with Crippen LogP contribution in [0.25, 0.3) is 0 Å². The van der Waals surface area contributed by atoms with Crippen molar-refractivity contribution in [1.29, 1.82) is 0 Å². The summed E-state index contributed by atoms with van der Waals surface area (Å²) in [5.41, 5.74) is -0.373. The summed E-state index contributed by atoms with van der Waals surface area (Å²) < 4.78 is 0. The normalized spacial score (nSPS) is 24.3. The van der Waals surface area contributed by atoms with Gasteiger partial charge in [0.05, 0.1) is 11.1 Å². The Morgan fingerprint density at radius 3 is 2.52 bits per heavy atom. The van der Waals surface area contributed by atoms with Gasteiger partial charge >= 0.3 is 0 Å². The number of carbonyl (C=O) groups is 3. The zero-order valence-corrected chi connectivity index (χ0v) is 11.1. The van der Waals surface area contributed by atoms with E-state index in [2.05, 4.69) is 0 Å². The third-order valence-electron chi connectivity index (χ3n) is 4.21. The lowest BCUT2D eigenvalue weighted by Crippen LogP contribution is -2.57. The smallest absolute Gasteiger partial charge is 0.245 e. The molecule has 1 unspecified atom stereocenters. The third kappa shape index (κ3) is 1.77. The second kappa shape index (κ2) is 4.47. The Kier molecular flexibility index (Phi) is 2.86. The first-order valence-corrected chi connectivity index (χ1v) is 6.58. The second-order valence-electron chi connectivity index (χ2n) is 5.30. The summed E-state index contributed by atoms with van der Waals surface area (Å²) in [6.07, 6.45) is -2.09. The fourth-order valence-corrected chi connectivity index (χ4v) is 3.30. The van der Waals surface area contributed by atoms with Gasteiger partial charge in [0.2, 0.25) is 5.91 Å². The Labute approximate surface area is 120 Å². The Morgan fingerprint density at radius 2 is 1.86 bits per heavy atom. The Balaban J connectivity index is 2.12. The van der Waals surface area contributed by atoms with Gasteiger partial charge in [0.15, 0.2) is 0 Å². The number of nitrogens with zero attached hydrogens (tertiary/aromatic N) is 2. The van der Waals surface area contributed by atoms with Gasteiger partial charge in [-0.25, -0.2) is 0 Å². The highest BCUT2D eigenvalue weighted by Crippen LogP contribution is 2.46. The number of rotatable bonds is 0. The van der Waals surface area contributed by atoms with Gasteiger partial charge in [-0.2, -0.15) is 0 Å². The van der Waals surface area contributed by atoms with Crippen LogP contribution in [0.5, 0.6) is 0 Å². The fourth-order valence-electron chi connectivity index (χ4n) is 3.30. The molecule has 2 aliphatic heterocycles. The van der Waals surface area contributed by atoms with Crippen molar-refractivity contribution in [1.82, 2.24) is 4.90 Å². The van der Waals surface area contributed by atoms with Crippen LogP contribution in [-0.2, 0) is 10.2 Å². The summed E-state index contributed by atoms with van der Waals surface area (Å²) in [6.45, 7) is 0.194. The van der Waals surface area contributed by atoms with E-state index >= 15 is 0 Å². The molecule has 1 atom stereocenters. The second-order valence-corrected chi connectivity index (χ2v) is 5.30. The zero-order chi connectivity index (χ0) is 15.2. The first-order valence-electron chi connectivity index (χ1n) is 6.58. The average molecular weight is 288 g/mol. The van der Waals surface area contributed by atoms with E-state index in [0.29, 0.717) is 23.3 Å². The van der Waals surface area contributed by atoms with Crippen molar-refractivity contribution < 1.29 is 24.6 Å². The maximum Gasteiger partial charge on any atom is 0.245 e. The van der Waals surface area contributed by atoms with Gasteiger partial charge in [0.25, 0.3) is 0 Å². The number of amides is 3. The molecule has 3 rings (SSSR count). The zero-order valence-electron chi connectivity index (χ0n) is 11.1. The van der Waals surface area contributed by atoms with Gasteiger partial charge in [-0.3, -0.25) is 9.69 Å². The van der Waals surface area contributed by atoms with Crippen molar-refractivity contribution in [2.45, 2.75) is 18.3 Å². The summed E-state index contributed by atoms with van der Waals surface area (Å²) in [7, 11) is 0. The molecule has 0 bridgehead atoms. The number of fused-ring (bicyclic) bond motifs is 2. The number of carbonyl (C=O) groups excluding carboxylic acids is 3. The number of piperidine rings is 1. The van der Waals surface area contributed by atoms with Crippen LogP contribution in [0.3, 0.4) is 0 Å². The van der Waals surface area contributed by atoms with Crippen molar-refractivity contribution in [2.24, 2.45) is 0 Å². The summed E-state index contributed by atoms with van der Waals surface area (Å²) in [5.74, 6) is -0.644. The summed E-state index contributed by atoms with van der Waals surface area (Å²) in [6, 6.07) is 6.51. The van der Waals surface area contributed by atoms with Crippen molar-refractivity contribution in [2.75, 3.05) is 18.0 Å². The molecule has 0 N–H and O–H groups in total. The van der Waals surface area contributed by atoms with E-state index in [4.69, 9.17) is 0 Å². The molecule has 0 aliphatic carbocycles. The van der Waals surface area contributed by atoms with E-state index in [-0.39, 0.29) is 18.8 Å². The summed E-state index contributed by atoms with van der Waals surface area (Å²) in [5, 5.41) is 22.4. The Hall–Kier alpha value is -2.57. The van der Waals surface area contributed by atoms with Crippen LogP contribution in [-0.4, -0.2) is 36.1 Å². The lowest BCUT2D eigenvalue weighted by atomic mass is 9.75. The SMILES string of the molecule is O=C([O-])N1CCCC2(C1)C(=O)N(C(=O)[O-])c1ccccc12. The molecule has 3 amide bonds. The van der Waals surface area contributed by atoms with Gasteiger partial charge in [-0.05, 0) is 24.5 Å². The number of carboxylic acid groups (broad SMARTS) is 2. The molecule has 0 aromatic heterocycles. The predicted octanol–water partition coefficient (Wildman–Crippen LogP) is -0.947. The molecule has 2 aliphatic rings. The molecule has 1 fully saturated rings. The van der Waals surface area contributed by atoms with Crippen LogP contribution in [0.2, 0.25) is 0 Å². The van der Waals surface area contributed by atoms with E-state index in [1.54, 1.807) is 18.2 Å². The highest BCUT2D eigenvalue weighted by molar-refractivity contribution is 6.20. The number of para-hydroxylation sites is 1. The van der Waals surface area contributed by atoms with Crippen LogP contribution >= 0.6 is 0 Å². The molecule has 0 radical (unpaired) electrons. The van der Waals surface area contributed by atoms with Crippen LogP contribution in [0.1, 0.15) is 18.4 Å². The van der Waals surface area contributed by atoms with Crippen LogP contribution in [0.15, 0.2) is 24.3 Å². The largest absolute Gasteiger partial charge is 0.530 e. The number of anilines is 1. The lowest BCUT2D eigenvalue weighted by molar-refractivity contribution is -0.267. The number of imide groups is 1. The van der Waals surface area contributed by atoms with Gasteiger partial charge in [-0.1, -0.05) is 18.2 Å². The molecule has 21 heavy (non-hydrogen) atoms. The molecule has 2 heterocycles. The van der Waals surface area contributed by atoms with Gasteiger partial charge in [0.1, 0.15) is 12.2 Å². The third-order valence-corrected chi connectivity index (χ3v) is 4.21. The van der Waals surface area contributed by atoms with E-state index in [1.165, 1.54) is 6.07 Å². The minimum Gasteiger partial charge on any atom is -0.530 e. The molecule has 1 saturated heterocycles. The van der Waals surface area contributed by atoms with Gasteiger partial charge in [0, 0.05) is 13.1 Å². The molecule has 1 aromatic carbocycles. The summed E-state index contributed by atoms with van der Waals surface area (Å²) >= 11 is 0. The fraction of sp³-hybridized carbons (Fsp3) is 0.357. The molecule has 0 saturated carbocycles. The highest BCUT2D eigenvalue weighted by Gasteiger charge is 2.53. The van der Waals surface area contributed by atoms with E-state index in [9.17, 15) is 24.6 Å². The Morgan fingerprint density at radius 1 is 1.14 bits per heavy atom. The lowest BCUT2D eigenvalue weighted by Gasteiger charge is -2.40. The minimum absolute atomic E-state index is 0.0883. The molecule has 7 heteroatoms. The number of hydrogen-bond donors (Lipinski definition) is 0. The first kappa shape index (κ1) is 13.4. The quantitative estimate of drug-likeness (QED) is 0.612. The van der Waals surface area contributed by atoms with Gasteiger partial charge < -0.3 is 24.7 Å². The number of benzene rings is 1. The molecule has 110 valence electrons. The average Bonchev–Trinajstić information content (AvgIpc) is 2.69. The number of likely N-dealkylation sites (tertiary alicyclic amines) is 1. The van der Waals surface area contributed by atoms with Crippen molar-refractivity contribution in [3.05, 3.63) is 29.8 Å². The topological polar surface area (TPSA) is 104 Å². The monoisotopic (exact) mass is 288 g/mol. The van der Waals surface area contributed by atoms with Crippen LogP contribution in [0, 0.1) is 0 Å². The van der Waals surface area contributed by atoms with E-state index < -0.39 is 23.5 Å². The van der Waals surface area contributed by atoms with Gasteiger partial charge in [-0.15, -0.1) is 0 Å². The molecular weight excluding hydrogens is 276 g/mol. The standard InChI is InChI=1S/C14H14N2O5/c17-11-14(6-3-7-15(8-14)12(18)19)9-4-1-2-5-10(9)16(11)13(20)21/h1-2,4-5H,3,6-8H2,(H,18,19)(H,20,21)/p-2. The van der Waals surface area contributed by atoms with Crippen LogP contribution < -0.4 is 15.1 Å². The Bertz CT molecular complexity index is 644. The number of hydrogen-bond acceptors (Lipinski definition) is 5. The molecular formula is C14H12N2O5-2. The van der Waals surface area contributed by atoms with Crippen molar-refractivity contribution in [3.63, 3.8) is 0 Å². The molecule has 1 spiro atoms. The first-order chi connectivity index (χ1) is 9.97. The van der Waals surface area contributed by atoms with Crippen molar-refractivity contribution in [3.8, 4) is 0 Å². The molecule has 7 nitrogen and oxygen atoms in total. The maximum atomic E-state index is 12.6. The summed E-state index contributed by atoms with van der Waals surface area (Å²) in [4.78, 5) is 36.6. The van der Waals surface area contributed by atoms with Crippen LogP contribution in [0.4, 0.5) is 15.3 Å². The minimum atomic E-state index is -1.60. The van der Waals surface area contributed by atoms with E-state index in [0.717, 1.165) is 4.90 Å². The van der Waals surface area contributed by atoms with Crippen molar-refractivity contribution >= 4 is 23.8 Å². The highest BCUT2D eigenvalue weighted by atomic mass is 16.4. The molecule has 1 aromatic rings. The van der Waals surface area contributed by atoms with E-state index in [1.807, 2.05) is 0 Å². The maximum absolute atomic E-state index is 12.6. The predicted molar refractivity (Wildman–Crippen MR) is 67.2 cm³/mol.